The Balaban J connectivity index is 1.77. The predicted molar refractivity (Wildman–Crippen MR) is 283 cm³/mol. The fourth-order valence-corrected chi connectivity index (χ4v) is 10.7. The quantitative estimate of drug-likeness (QED) is 0.0201. The number of cyclic esters (lactones) is 1. The smallest absolute Gasteiger partial charge is 0.462 e. The van der Waals surface area contributed by atoms with Gasteiger partial charge in [0.2, 0.25) is 0 Å². The summed E-state index contributed by atoms with van der Waals surface area (Å²) in [5.74, 6) is -2.86. The van der Waals surface area contributed by atoms with Gasteiger partial charge in [0.25, 0.3) is 0 Å². The molecule has 0 aliphatic carbocycles. The van der Waals surface area contributed by atoms with Crippen LogP contribution < -0.4 is 11.4 Å². The Morgan fingerprint density at radius 2 is 1.45 bits per heavy atom. The number of aromatic nitrogens is 2. The number of unbranched alkanes of at least 4 members (excludes halogenated alkanes) is 15. The third-order valence-electron chi connectivity index (χ3n) is 13.0. The van der Waals surface area contributed by atoms with Crippen LogP contribution in [0.3, 0.4) is 0 Å². The third-order valence-corrected chi connectivity index (χ3v) is 15.6. The third kappa shape index (κ3) is 28.1. The number of aliphatic hydroxyl groups is 5. The molecule has 3 unspecified atom stereocenters. The molecule has 0 amide bonds. The van der Waals surface area contributed by atoms with Gasteiger partial charge in [-0.15, -0.1) is 0 Å². The van der Waals surface area contributed by atoms with Crippen LogP contribution in [-0.4, -0.2) is 126 Å². The second-order valence-corrected chi connectivity index (χ2v) is 22.6. The minimum absolute atomic E-state index is 0.0100. The van der Waals surface area contributed by atoms with Crippen molar-refractivity contribution in [2.24, 2.45) is 5.92 Å². The Kier molecular flexibility index (Phi) is 33.2. The maximum Gasteiger partial charge on any atom is 0.481 e. The zero-order valence-electron chi connectivity index (χ0n) is 44.6. The highest BCUT2D eigenvalue weighted by molar-refractivity contribution is 7.61. The zero-order valence-corrected chi connectivity index (χ0v) is 46.4. The molecule has 0 aromatic carbocycles. The number of esters is 2. The van der Waals surface area contributed by atoms with E-state index in [1.54, 1.807) is 12.2 Å². The fourth-order valence-electron chi connectivity index (χ4n) is 8.63. The number of fused-ring (bicyclic) bond motifs is 3. The van der Waals surface area contributed by atoms with Gasteiger partial charge in [-0.1, -0.05) is 134 Å². The van der Waals surface area contributed by atoms with Gasteiger partial charge in [-0.05, 0) is 63.9 Å². The first-order valence-electron chi connectivity index (χ1n) is 27.4. The van der Waals surface area contributed by atoms with Crippen LogP contribution in [0.2, 0.25) is 0 Å². The van der Waals surface area contributed by atoms with Crippen molar-refractivity contribution in [2.75, 3.05) is 25.6 Å². The summed E-state index contributed by atoms with van der Waals surface area (Å²) in [4.78, 5) is 64.4. The number of aliphatic hydroxyl groups excluding tert-OH is 5. The average Bonchev–Trinajstić information content (AvgIpc) is 3.37. The van der Waals surface area contributed by atoms with Gasteiger partial charge in [-0.25, -0.2) is 13.9 Å². The molecule has 3 rings (SSSR count). The number of nitrogens with zero attached hydrogens (tertiary/aromatic N) is 2. The molecule has 3 heterocycles. The number of nitrogen functional groups attached to an aromatic ring is 1. The van der Waals surface area contributed by atoms with Crippen molar-refractivity contribution in [3.05, 3.63) is 59.2 Å². The molecule has 436 valence electrons. The largest absolute Gasteiger partial charge is 0.481 e. The molecule has 1 saturated heterocycles. The Morgan fingerprint density at radius 1 is 0.829 bits per heavy atom. The van der Waals surface area contributed by atoms with E-state index in [0.29, 0.717) is 19.3 Å². The summed E-state index contributed by atoms with van der Waals surface area (Å²) in [5, 5.41) is 56.9. The molecule has 22 nitrogen and oxygen atoms in total. The summed E-state index contributed by atoms with van der Waals surface area (Å²) in [6, 6.07) is 1.23. The minimum atomic E-state index is -5.74. The highest BCUT2D eigenvalue weighted by atomic mass is 31.3. The predicted octanol–water partition coefficient (Wildman–Crippen LogP) is 7.67. The van der Waals surface area contributed by atoms with Crippen LogP contribution in [0.1, 0.15) is 181 Å². The Labute approximate surface area is 448 Å². The van der Waals surface area contributed by atoms with E-state index in [1.807, 2.05) is 6.92 Å². The van der Waals surface area contributed by atoms with Crippen molar-refractivity contribution >= 4 is 33.4 Å². The molecule has 1 aromatic heterocycles. The molecule has 12 atom stereocenters. The first-order valence-corrected chi connectivity index (χ1v) is 30.4. The van der Waals surface area contributed by atoms with E-state index in [-0.39, 0.29) is 37.9 Å². The molecule has 0 radical (unpaired) electrons. The van der Waals surface area contributed by atoms with Crippen molar-refractivity contribution < 1.29 is 86.3 Å². The van der Waals surface area contributed by atoms with Gasteiger partial charge in [-0.3, -0.25) is 23.2 Å². The molecule has 1 aromatic rings. The second-order valence-electron chi connectivity index (χ2n) is 19.6. The number of carbonyl (C=O) groups excluding carboxylic acids is 2. The summed E-state index contributed by atoms with van der Waals surface area (Å²) in [5.41, 5.74) is 4.76. The number of hydrogen-bond acceptors (Lipinski definition) is 19. The van der Waals surface area contributed by atoms with Crippen molar-refractivity contribution in [1.82, 2.24) is 9.55 Å². The Hall–Kier alpha value is -3.18. The van der Waals surface area contributed by atoms with Gasteiger partial charge in [-0.2, -0.15) is 9.29 Å². The van der Waals surface area contributed by atoms with Crippen molar-refractivity contribution in [3.63, 3.8) is 0 Å². The maximum atomic E-state index is 13.4. The number of carbonyl (C=O) groups is 2. The van der Waals surface area contributed by atoms with Gasteiger partial charge >= 0.3 is 33.3 Å². The molecule has 76 heavy (non-hydrogen) atoms. The number of hydrogen-bond donors (Lipinski definition) is 8. The number of nitrogens with two attached hydrogens (primary N) is 1. The molecule has 0 spiro atoms. The molecule has 2 aliphatic rings. The first kappa shape index (κ1) is 67.1. The van der Waals surface area contributed by atoms with E-state index in [0.717, 1.165) is 75.0 Å². The van der Waals surface area contributed by atoms with Crippen LogP contribution >= 0.6 is 15.6 Å². The van der Waals surface area contributed by atoms with E-state index in [9.17, 15) is 58.8 Å². The lowest BCUT2D eigenvalue weighted by Gasteiger charge is -2.36. The van der Waals surface area contributed by atoms with Crippen LogP contribution in [0.25, 0.3) is 0 Å². The SMILES string of the molecule is CCCCCCCC/C=C\CCCCCCCCCC(=O)O[C@@H]1COC(=O)CCCC=CC[C@@H]2[C@H](n3ccc(N)nc3=O)O[C@H](COP(=O)(O)OP(=O)(O)OC1)[C@@H](O)[C@@H](O)[C@@H](/C=C/[C@@H](O)CCCCC)OC(O)C[C@@H]2O. The molecule has 2 bridgehead atoms. The van der Waals surface area contributed by atoms with Gasteiger partial charge < -0.3 is 60.0 Å². The Bertz CT molecular complexity index is 2040. The summed E-state index contributed by atoms with van der Waals surface area (Å²) < 4.78 is 64.9. The van der Waals surface area contributed by atoms with Gasteiger partial charge in [0, 0.05) is 31.4 Å². The highest BCUT2D eigenvalue weighted by Gasteiger charge is 2.44. The van der Waals surface area contributed by atoms with E-state index >= 15 is 0 Å². The van der Waals surface area contributed by atoms with Crippen LogP contribution in [0.5, 0.6) is 0 Å². The second kappa shape index (κ2) is 37.6. The van der Waals surface area contributed by atoms with E-state index in [2.05, 4.69) is 28.4 Å². The van der Waals surface area contributed by atoms with Crippen LogP contribution in [0.4, 0.5) is 5.82 Å². The number of phosphoric acid groups is 2. The topological polar surface area (TPSA) is 335 Å². The van der Waals surface area contributed by atoms with Gasteiger partial charge in [0.1, 0.15) is 43.1 Å². The first-order chi connectivity index (χ1) is 36.3. The van der Waals surface area contributed by atoms with E-state index in [1.165, 1.54) is 56.7 Å². The summed E-state index contributed by atoms with van der Waals surface area (Å²) in [6.07, 6.45) is 14.7. The van der Waals surface area contributed by atoms with Crippen molar-refractivity contribution in [3.8, 4) is 0 Å². The van der Waals surface area contributed by atoms with Crippen LogP contribution in [0.15, 0.2) is 53.5 Å². The lowest BCUT2D eigenvalue weighted by molar-refractivity contribution is -0.192. The van der Waals surface area contributed by atoms with Gasteiger partial charge in [0.05, 0.1) is 25.4 Å². The maximum absolute atomic E-state index is 13.4. The number of ether oxygens (including phenoxy) is 4. The minimum Gasteiger partial charge on any atom is -0.462 e. The molecule has 9 N–H and O–H groups in total. The highest BCUT2D eigenvalue weighted by Crippen LogP contribution is 2.60. The number of allylic oxidation sites excluding steroid dienone is 4. The van der Waals surface area contributed by atoms with Gasteiger partial charge in [0.15, 0.2) is 12.4 Å². The van der Waals surface area contributed by atoms with Crippen molar-refractivity contribution in [1.29, 1.82) is 0 Å². The number of rotatable bonds is 25. The summed E-state index contributed by atoms with van der Waals surface area (Å²) in [6.45, 7) is 1.43. The molecular formula is C52H89N3O19P2. The number of phosphoric ester groups is 2. The summed E-state index contributed by atoms with van der Waals surface area (Å²) >= 11 is 0. The van der Waals surface area contributed by atoms with E-state index < -0.39 is 121 Å². The fraction of sp³-hybridized carbons (Fsp3) is 0.769. The lowest BCUT2D eigenvalue weighted by Crippen LogP contribution is -2.49. The molecule has 2 aliphatic heterocycles. The monoisotopic (exact) mass is 1120 g/mol. The molecule has 24 heteroatoms. The number of anilines is 1. The standard InChI is InChI=1S/C52H89N3O19P2/c1-3-5-7-8-9-10-11-12-13-14-15-16-17-18-19-20-26-30-47(59)71-40-36-68-46(58)29-25-22-21-24-28-41-42(57)35-48(60)72-43(32-31-39(56)27-23-6-4-2)49(61)50(62)44(38-70-76(66,67)74-75(64,65)69-37-40)73-51(41)55-34-33-45(53)54-52(55)63/h12-13,21,24,31-34,39-44,48-51,56-57,60-62H,3-11,14-20,22-23,25-30,35-38H2,1-2H3,(H,64,65)(H,66,67)(H2,53,54,63)/b13-12-,24-21?,32-31+/t39-,40+,41-,42-,43+,44+,48?,49-,50+,51+/m0/s1. The zero-order chi connectivity index (χ0) is 55.8. The molecule has 1 fully saturated rings. The van der Waals surface area contributed by atoms with Crippen molar-refractivity contribution in [2.45, 2.75) is 230 Å². The summed E-state index contributed by atoms with van der Waals surface area (Å²) in [7, 11) is -11.3. The lowest BCUT2D eigenvalue weighted by atomic mass is 9.92. The average molecular weight is 1120 g/mol. The Morgan fingerprint density at radius 3 is 2.11 bits per heavy atom. The molecular weight excluding hydrogens is 1030 g/mol. The van der Waals surface area contributed by atoms with Crippen LogP contribution in [0, 0.1) is 5.92 Å². The molecule has 0 saturated carbocycles. The van der Waals surface area contributed by atoms with E-state index in [4.69, 9.17) is 33.7 Å². The van der Waals surface area contributed by atoms with Crippen LogP contribution in [-0.2, 0) is 51.0 Å². The normalized spacial score (nSPS) is 29.6.